The van der Waals surface area contributed by atoms with Crippen molar-refractivity contribution in [3.05, 3.63) is 74.8 Å². The van der Waals surface area contributed by atoms with Gasteiger partial charge < -0.3 is 49.9 Å². The van der Waals surface area contributed by atoms with E-state index < -0.39 is 58.6 Å². The van der Waals surface area contributed by atoms with Gasteiger partial charge in [-0.1, -0.05) is 35.9 Å². The van der Waals surface area contributed by atoms with E-state index in [0.29, 0.717) is 22.6 Å². The third-order valence-corrected chi connectivity index (χ3v) is 7.70. The van der Waals surface area contributed by atoms with Crippen molar-refractivity contribution >= 4 is 58.7 Å². The van der Waals surface area contributed by atoms with Gasteiger partial charge in [0.1, 0.15) is 24.2 Å². The van der Waals surface area contributed by atoms with Gasteiger partial charge in [-0.2, -0.15) is 0 Å². The Hall–Kier alpha value is -5.98. The van der Waals surface area contributed by atoms with Crippen LogP contribution in [0.2, 0.25) is 5.02 Å². The second-order valence-electron chi connectivity index (χ2n) is 11.7. The topological polar surface area (TPSA) is 331 Å². The predicted octanol–water partition coefficient (Wildman–Crippen LogP) is -1.41. The Morgan fingerprint density at radius 1 is 0.673 bits per heavy atom. The predicted molar refractivity (Wildman–Crippen MR) is 194 cm³/mol. The van der Waals surface area contributed by atoms with Crippen LogP contribution < -0.4 is 49.9 Å². The Balaban J connectivity index is 2.36. The summed E-state index contributed by atoms with van der Waals surface area (Å²) in [5.41, 5.74) is 28.1. The van der Waals surface area contributed by atoms with Crippen LogP contribution in [0.15, 0.2) is 58.5 Å². The molecule has 0 fully saturated rings. The fourth-order valence-corrected chi connectivity index (χ4v) is 5.01. The van der Waals surface area contributed by atoms with Gasteiger partial charge in [0, 0.05) is 50.0 Å². The van der Waals surface area contributed by atoms with E-state index in [1.165, 1.54) is 31.2 Å². The molecule has 52 heavy (non-hydrogen) atoms. The molecular formula is C32H45ClN12O7. The maximum Gasteiger partial charge on any atom is 0.269 e. The molecule has 0 aliphatic heterocycles. The minimum Gasteiger partial charge on any atom is -0.370 e. The molecule has 5 amide bonds. The number of carbonyl (C=O) groups is 5. The Kier molecular flexibility index (Phi) is 17.3. The third-order valence-electron chi connectivity index (χ3n) is 7.45. The molecule has 0 bridgehead atoms. The summed E-state index contributed by atoms with van der Waals surface area (Å²) in [5, 5.41) is 21.9. The van der Waals surface area contributed by atoms with E-state index in [4.69, 9.17) is 40.3 Å². The average molecular weight is 745 g/mol. The summed E-state index contributed by atoms with van der Waals surface area (Å²) in [6.45, 7) is 1.53. The van der Waals surface area contributed by atoms with Crippen LogP contribution in [0.1, 0.15) is 43.7 Å². The van der Waals surface area contributed by atoms with Crippen LogP contribution in [0, 0.1) is 10.1 Å². The van der Waals surface area contributed by atoms with Crippen molar-refractivity contribution in [2.24, 2.45) is 38.7 Å². The summed E-state index contributed by atoms with van der Waals surface area (Å²) >= 11 is 6.04. The number of hydrogen-bond acceptors (Lipinski definition) is 9. The number of halogens is 1. The van der Waals surface area contributed by atoms with Crippen molar-refractivity contribution in [1.82, 2.24) is 21.3 Å². The maximum absolute atomic E-state index is 13.9. The number of rotatable bonds is 21. The summed E-state index contributed by atoms with van der Waals surface area (Å²) in [4.78, 5) is 83.6. The molecule has 4 atom stereocenters. The lowest BCUT2D eigenvalue weighted by atomic mass is 10.0. The number of hydrogen-bond donors (Lipinski definition) is 9. The van der Waals surface area contributed by atoms with E-state index in [0.717, 1.165) is 0 Å². The molecule has 0 aromatic heterocycles. The molecule has 19 nitrogen and oxygen atoms in total. The second kappa shape index (κ2) is 21.3. The van der Waals surface area contributed by atoms with E-state index in [9.17, 15) is 34.1 Å². The number of nitrogens with zero attached hydrogens (tertiary/aromatic N) is 3. The van der Waals surface area contributed by atoms with Crippen molar-refractivity contribution < 1.29 is 28.9 Å². The minimum absolute atomic E-state index is 0.00170. The number of nitrogens with two attached hydrogens (primary N) is 5. The molecule has 14 N–H and O–H groups in total. The standard InChI is InChI=1S/C32H45ClN12O7/c1-18(46)41-23(4-2-14-39-31(35)36)28(48)44-26(17-19-6-10-21(33)11-7-19)30(50)42-24(5-3-15-40-32(37)38)29(49)43-25(27(34)47)16-20-8-12-22(13-9-20)45(51)52/h6-13,23-26H,2-5,14-17H2,1H3,(H2,34,47)(H,41,46)(H,42,50)(H,43,49)(H,44,48)(H4,35,36,39)(H4,37,38,40)/t23-,24-,25+,26+/m0/s1. The van der Waals surface area contributed by atoms with Gasteiger partial charge in [-0.15, -0.1) is 0 Å². The number of nitro groups is 1. The van der Waals surface area contributed by atoms with E-state index in [1.54, 1.807) is 24.3 Å². The van der Waals surface area contributed by atoms with Crippen LogP contribution in [0.5, 0.6) is 0 Å². The zero-order chi connectivity index (χ0) is 38.8. The average Bonchev–Trinajstić information content (AvgIpc) is 3.07. The summed E-state index contributed by atoms with van der Waals surface area (Å²) in [6.07, 6.45) is 0.533. The smallest absolute Gasteiger partial charge is 0.269 e. The highest BCUT2D eigenvalue weighted by atomic mass is 35.5. The minimum atomic E-state index is -1.27. The summed E-state index contributed by atoms with van der Waals surface area (Å²) in [6, 6.07) is 7.03. The molecule has 2 aromatic rings. The van der Waals surface area contributed by atoms with Crippen LogP contribution in [0.4, 0.5) is 5.69 Å². The highest BCUT2D eigenvalue weighted by Crippen LogP contribution is 2.15. The lowest BCUT2D eigenvalue weighted by molar-refractivity contribution is -0.384. The first-order valence-corrected chi connectivity index (χ1v) is 16.5. The van der Waals surface area contributed by atoms with Gasteiger partial charge in [-0.3, -0.25) is 44.1 Å². The van der Waals surface area contributed by atoms with Gasteiger partial charge in [-0.05, 0) is 48.9 Å². The van der Waals surface area contributed by atoms with E-state index in [2.05, 4.69) is 31.3 Å². The fraction of sp³-hybridized carbons (Fsp3) is 0.406. The van der Waals surface area contributed by atoms with Gasteiger partial charge >= 0.3 is 0 Å². The second-order valence-corrected chi connectivity index (χ2v) is 12.1. The van der Waals surface area contributed by atoms with Crippen molar-refractivity contribution in [3.8, 4) is 0 Å². The highest BCUT2D eigenvalue weighted by molar-refractivity contribution is 6.30. The van der Waals surface area contributed by atoms with Gasteiger partial charge in [0.05, 0.1) is 4.92 Å². The van der Waals surface area contributed by atoms with E-state index in [1.807, 2.05) is 0 Å². The van der Waals surface area contributed by atoms with Crippen molar-refractivity contribution in [2.45, 2.75) is 69.6 Å². The first-order valence-electron chi connectivity index (χ1n) is 16.1. The first-order chi connectivity index (χ1) is 24.5. The monoisotopic (exact) mass is 744 g/mol. The molecule has 20 heteroatoms. The van der Waals surface area contributed by atoms with Crippen LogP contribution in [0.25, 0.3) is 0 Å². The molecule has 0 unspecified atom stereocenters. The number of carbonyl (C=O) groups excluding carboxylic acids is 5. The number of primary amides is 1. The van der Waals surface area contributed by atoms with Crippen LogP contribution >= 0.6 is 11.6 Å². The third kappa shape index (κ3) is 15.7. The number of nitro benzene ring substituents is 1. The number of aliphatic imine (C=N–C) groups is 2. The number of non-ortho nitro benzene ring substituents is 1. The first kappa shape index (κ1) is 42.2. The zero-order valence-electron chi connectivity index (χ0n) is 28.5. The van der Waals surface area contributed by atoms with Gasteiger partial charge in [0.15, 0.2) is 11.9 Å². The lowest BCUT2D eigenvalue weighted by Crippen LogP contribution is -2.58. The number of amides is 5. The SMILES string of the molecule is CC(=O)N[C@@H](CCCN=C(N)N)C(=O)N[C@H](Cc1ccc(Cl)cc1)C(=O)N[C@@H](CCCN=C(N)N)C(=O)N[C@H](Cc1ccc([N+](=O)[O-])cc1)C(N)=O. The molecule has 0 heterocycles. The van der Waals surface area contributed by atoms with Crippen LogP contribution in [0.3, 0.4) is 0 Å². The Bertz CT molecular complexity index is 1610. The van der Waals surface area contributed by atoms with Gasteiger partial charge in [0.2, 0.25) is 29.5 Å². The molecule has 2 aromatic carbocycles. The largest absolute Gasteiger partial charge is 0.370 e. The molecule has 2 rings (SSSR count). The molecule has 282 valence electrons. The van der Waals surface area contributed by atoms with Crippen molar-refractivity contribution in [3.63, 3.8) is 0 Å². The number of benzene rings is 2. The number of guanidine groups is 2. The van der Waals surface area contributed by atoms with Crippen LogP contribution in [-0.4, -0.2) is 83.6 Å². The normalized spacial score (nSPS) is 12.9. The Morgan fingerprint density at radius 3 is 1.52 bits per heavy atom. The Labute approximate surface area is 304 Å². The number of nitrogens with one attached hydrogen (secondary N) is 4. The maximum atomic E-state index is 13.9. The van der Waals surface area contributed by atoms with E-state index in [-0.39, 0.29) is 62.8 Å². The summed E-state index contributed by atoms with van der Waals surface area (Å²) in [7, 11) is 0. The fourth-order valence-electron chi connectivity index (χ4n) is 4.88. The molecule has 0 aliphatic carbocycles. The van der Waals surface area contributed by atoms with Gasteiger partial charge in [-0.25, -0.2) is 0 Å². The summed E-state index contributed by atoms with van der Waals surface area (Å²) in [5.74, 6) is -3.93. The molecular weight excluding hydrogens is 700 g/mol. The molecule has 0 radical (unpaired) electrons. The van der Waals surface area contributed by atoms with E-state index >= 15 is 0 Å². The highest BCUT2D eigenvalue weighted by Gasteiger charge is 2.31. The lowest BCUT2D eigenvalue weighted by Gasteiger charge is -2.26. The van der Waals surface area contributed by atoms with Crippen molar-refractivity contribution in [2.75, 3.05) is 13.1 Å². The molecule has 0 saturated heterocycles. The van der Waals surface area contributed by atoms with Crippen LogP contribution in [-0.2, 0) is 36.8 Å². The molecule has 0 spiro atoms. The quantitative estimate of drug-likeness (QED) is 0.0235. The zero-order valence-corrected chi connectivity index (χ0v) is 29.3. The van der Waals surface area contributed by atoms with Crippen molar-refractivity contribution in [1.29, 1.82) is 0 Å². The Morgan fingerprint density at radius 2 is 1.08 bits per heavy atom. The molecule has 0 saturated carbocycles. The molecule has 0 aliphatic rings. The summed E-state index contributed by atoms with van der Waals surface area (Å²) < 4.78 is 0. The van der Waals surface area contributed by atoms with Gasteiger partial charge in [0.25, 0.3) is 5.69 Å².